The first-order valence-electron chi connectivity index (χ1n) is 6.73. The van der Waals surface area contributed by atoms with Crippen LogP contribution in [0.15, 0.2) is 42.6 Å². The minimum atomic E-state index is 0.199. The van der Waals surface area contributed by atoms with Crippen molar-refractivity contribution in [3.05, 3.63) is 59.4 Å². The van der Waals surface area contributed by atoms with E-state index < -0.39 is 0 Å². The van der Waals surface area contributed by atoms with Crippen LogP contribution >= 0.6 is 0 Å². The summed E-state index contributed by atoms with van der Waals surface area (Å²) in [6.45, 7) is 2.12. The Kier molecular flexibility index (Phi) is 3.22. The Balaban J connectivity index is 1.76. The minimum absolute atomic E-state index is 0.199. The maximum Gasteiger partial charge on any atom is 0.115 e. The Morgan fingerprint density at radius 3 is 3.05 bits per heavy atom. The molecule has 2 aromatic rings. The van der Waals surface area contributed by atoms with Crippen LogP contribution in [-0.2, 0) is 6.42 Å². The molecule has 1 aromatic heterocycles. The number of hydrogen-bond donors (Lipinski definition) is 2. The molecular formula is C16H18N2O. The number of aromatic nitrogens is 1. The van der Waals surface area contributed by atoms with Gasteiger partial charge >= 0.3 is 0 Å². The van der Waals surface area contributed by atoms with Crippen molar-refractivity contribution in [2.45, 2.75) is 31.8 Å². The van der Waals surface area contributed by atoms with Gasteiger partial charge in [0.2, 0.25) is 0 Å². The summed E-state index contributed by atoms with van der Waals surface area (Å²) in [6, 6.07) is 12.1. The van der Waals surface area contributed by atoms with E-state index in [1.54, 1.807) is 6.07 Å². The van der Waals surface area contributed by atoms with Gasteiger partial charge in [-0.3, -0.25) is 4.98 Å². The van der Waals surface area contributed by atoms with Crippen molar-refractivity contribution in [2.75, 3.05) is 0 Å². The van der Waals surface area contributed by atoms with E-state index in [1.807, 2.05) is 30.5 Å². The topological polar surface area (TPSA) is 45.2 Å². The molecule has 0 aliphatic heterocycles. The van der Waals surface area contributed by atoms with Gasteiger partial charge in [-0.1, -0.05) is 18.2 Å². The van der Waals surface area contributed by atoms with E-state index >= 15 is 0 Å². The number of phenolic OH excluding ortho intramolecular Hbond substituents is 1. The molecule has 3 rings (SSSR count). The molecule has 0 bridgehead atoms. The van der Waals surface area contributed by atoms with Crippen molar-refractivity contribution in [1.29, 1.82) is 0 Å². The Bertz CT molecular complexity index is 582. The van der Waals surface area contributed by atoms with Crippen LogP contribution in [0.5, 0.6) is 5.75 Å². The first kappa shape index (κ1) is 12.2. The summed E-state index contributed by atoms with van der Waals surface area (Å²) in [5.74, 6) is 0.316. The van der Waals surface area contributed by atoms with Gasteiger partial charge in [0.1, 0.15) is 5.75 Å². The minimum Gasteiger partial charge on any atom is -0.508 e. The lowest BCUT2D eigenvalue weighted by molar-refractivity contribution is 0.450. The first-order valence-corrected chi connectivity index (χ1v) is 6.73. The van der Waals surface area contributed by atoms with E-state index in [0.29, 0.717) is 11.8 Å². The molecule has 0 fully saturated rings. The number of pyridine rings is 1. The summed E-state index contributed by atoms with van der Waals surface area (Å²) in [4.78, 5) is 4.49. The SMILES string of the molecule is CC(NC1CCc2cccnc21)c1cccc(O)c1. The monoisotopic (exact) mass is 254 g/mol. The second-order valence-corrected chi connectivity index (χ2v) is 5.12. The molecule has 3 heteroatoms. The fourth-order valence-corrected chi connectivity index (χ4v) is 2.77. The largest absolute Gasteiger partial charge is 0.508 e. The molecule has 1 aromatic carbocycles. The molecule has 98 valence electrons. The van der Waals surface area contributed by atoms with E-state index in [1.165, 1.54) is 11.3 Å². The molecule has 2 atom stereocenters. The first-order chi connectivity index (χ1) is 9.24. The number of nitrogens with one attached hydrogen (secondary N) is 1. The number of aryl methyl sites for hydroxylation is 1. The molecule has 0 saturated carbocycles. The predicted molar refractivity (Wildman–Crippen MR) is 75.0 cm³/mol. The Hall–Kier alpha value is -1.87. The van der Waals surface area contributed by atoms with Gasteiger partial charge in [-0.2, -0.15) is 0 Å². The lowest BCUT2D eigenvalue weighted by Gasteiger charge is -2.20. The van der Waals surface area contributed by atoms with Crippen LogP contribution in [0.25, 0.3) is 0 Å². The number of aromatic hydroxyl groups is 1. The highest BCUT2D eigenvalue weighted by Gasteiger charge is 2.24. The summed E-state index contributed by atoms with van der Waals surface area (Å²) in [5.41, 5.74) is 3.63. The van der Waals surface area contributed by atoms with E-state index in [-0.39, 0.29) is 6.04 Å². The quantitative estimate of drug-likeness (QED) is 0.884. The van der Waals surface area contributed by atoms with Gasteiger partial charge in [0.15, 0.2) is 0 Å². The summed E-state index contributed by atoms with van der Waals surface area (Å²) < 4.78 is 0. The second kappa shape index (κ2) is 5.02. The molecule has 1 heterocycles. The van der Waals surface area contributed by atoms with E-state index in [2.05, 4.69) is 23.3 Å². The Morgan fingerprint density at radius 1 is 1.32 bits per heavy atom. The number of benzene rings is 1. The third-order valence-corrected chi connectivity index (χ3v) is 3.78. The highest BCUT2D eigenvalue weighted by molar-refractivity contribution is 5.31. The third-order valence-electron chi connectivity index (χ3n) is 3.78. The summed E-state index contributed by atoms with van der Waals surface area (Å²) in [5, 5.41) is 13.1. The van der Waals surface area contributed by atoms with E-state index in [0.717, 1.165) is 18.4 Å². The van der Waals surface area contributed by atoms with Gasteiger partial charge in [-0.15, -0.1) is 0 Å². The number of hydrogen-bond acceptors (Lipinski definition) is 3. The summed E-state index contributed by atoms with van der Waals surface area (Å²) in [6.07, 6.45) is 4.04. The van der Waals surface area contributed by atoms with Gasteiger partial charge in [0.25, 0.3) is 0 Å². The van der Waals surface area contributed by atoms with Crippen molar-refractivity contribution in [3.8, 4) is 5.75 Å². The normalized spacial score (nSPS) is 19.1. The van der Waals surface area contributed by atoms with Crippen molar-refractivity contribution >= 4 is 0 Å². The number of nitrogens with zero attached hydrogens (tertiary/aromatic N) is 1. The second-order valence-electron chi connectivity index (χ2n) is 5.12. The van der Waals surface area contributed by atoms with Gasteiger partial charge in [0.05, 0.1) is 11.7 Å². The molecule has 1 aliphatic rings. The van der Waals surface area contributed by atoms with Crippen LogP contribution in [-0.4, -0.2) is 10.1 Å². The molecule has 1 aliphatic carbocycles. The number of fused-ring (bicyclic) bond motifs is 1. The maximum atomic E-state index is 9.54. The zero-order valence-electron chi connectivity index (χ0n) is 11.0. The lowest BCUT2D eigenvalue weighted by Crippen LogP contribution is -2.23. The van der Waals surface area contributed by atoms with Gasteiger partial charge < -0.3 is 10.4 Å². The third kappa shape index (κ3) is 2.47. The van der Waals surface area contributed by atoms with E-state index in [9.17, 15) is 5.11 Å². The average Bonchev–Trinajstić information content (AvgIpc) is 2.82. The lowest BCUT2D eigenvalue weighted by atomic mass is 10.1. The maximum absolute atomic E-state index is 9.54. The fourth-order valence-electron chi connectivity index (χ4n) is 2.77. The van der Waals surface area contributed by atoms with Crippen LogP contribution in [0.1, 0.15) is 42.2 Å². The molecule has 3 nitrogen and oxygen atoms in total. The summed E-state index contributed by atoms with van der Waals surface area (Å²) >= 11 is 0. The van der Waals surface area contributed by atoms with Gasteiger partial charge in [0, 0.05) is 12.2 Å². The Labute approximate surface area is 113 Å². The van der Waals surface area contributed by atoms with Gasteiger partial charge in [-0.05, 0) is 49.1 Å². The van der Waals surface area contributed by atoms with Crippen molar-refractivity contribution in [1.82, 2.24) is 10.3 Å². The van der Waals surface area contributed by atoms with Crippen LogP contribution in [0, 0.1) is 0 Å². The van der Waals surface area contributed by atoms with Crippen LogP contribution in [0.3, 0.4) is 0 Å². The number of rotatable bonds is 3. The molecule has 0 saturated heterocycles. The van der Waals surface area contributed by atoms with Crippen LogP contribution in [0.4, 0.5) is 0 Å². The molecule has 2 N–H and O–H groups in total. The molecule has 0 radical (unpaired) electrons. The van der Waals surface area contributed by atoms with Crippen molar-refractivity contribution in [2.24, 2.45) is 0 Å². The van der Waals surface area contributed by atoms with Crippen molar-refractivity contribution in [3.63, 3.8) is 0 Å². The Morgan fingerprint density at radius 2 is 2.21 bits per heavy atom. The average molecular weight is 254 g/mol. The van der Waals surface area contributed by atoms with Crippen LogP contribution in [0.2, 0.25) is 0 Å². The molecule has 0 spiro atoms. The van der Waals surface area contributed by atoms with Gasteiger partial charge in [-0.25, -0.2) is 0 Å². The van der Waals surface area contributed by atoms with Crippen LogP contribution < -0.4 is 5.32 Å². The zero-order chi connectivity index (χ0) is 13.2. The molecular weight excluding hydrogens is 236 g/mol. The smallest absolute Gasteiger partial charge is 0.115 e. The zero-order valence-corrected chi connectivity index (χ0v) is 11.0. The highest BCUT2D eigenvalue weighted by Crippen LogP contribution is 2.31. The predicted octanol–water partition coefficient (Wildman–Crippen LogP) is 3.13. The fraction of sp³-hybridized carbons (Fsp3) is 0.312. The standard InChI is InChI=1S/C16H18N2O/c1-11(13-4-2-6-14(19)10-13)18-15-8-7-12-5-3-9-17-16(12)15/h2-6,9-11,15,18-19H,7-8H2,1H3. The molecule has 19 heavy (non-hydrogen) atoms. The van der Waals surface area contributed by atoms with Crippen molar-refractivity contribution < 1.29 is 5.11 Å². The number of phenols is 1. The molecule has 2 unspecified atom stereocenters. The summed E-state index contributed by atoms with van der Waals surface area (Å²) in [7, 11) is 0. The van der Waals surface area contributed by atoms with E-state index in [4.69, 9.17) is 0 Å². The molecule has 0 amide bonds. The highest BCUT2D eigenvalue weighted by atomic mass is 16.3.